The SMILES string of the molecule is CCc1ccccc1NC(=O)C1CCCC1C(=O)O. The van der Waals surface area contributed by atoms with E-state index in [0.717, 1.165) is 24.1 Å². The number of aryl methyl sites for hydroxylation is 1. The van der Waals surface area contributed by atoms with Crippen molar-refractivity contribution >= 4 is 17.6 Å². The number of amides is 1. The van der Waals surface area contributed by atoms with Gasteiger partial charge in [-0.15, -0.1) is 0 Å². The van der Waals surface area contributed by atoms with Crippen molar-refractivity contribution in [2.75, 3.05) is 5.32 Å². The minimum Gasteiger partial charge on any atom is -0.481 e. The zero-order chi connectivity index (χ0) is 13.8. The standard InChI is InChI=1S/C15H19NO3/c1-2-10-6-3-4-9-13(10)16-14(17)11-7-5-8-12(11)15(18)19/h3-4,6,9,11-12H,2,5,7-8H2,1H3,(H,16,17)(H,18,19). The first kappa shape index (κ1) is 13.6. The van der Waals surface area contributed by atoms with Crippen LogP contribution in [0.1, 0.15) is 31.7 Å². The molecule has 1 aliphatic rings. The van der Waals surface area contributed by atoms with Crippen molar-refractivity contribution in [1.82, 2.24) is 0 Å². The maximum Gasteiger partial charge on any atom is 0.307 e. The summed E-state index contributed by atoms with van der Waals surface area (Å²) in [5.74, 6) is -1.96. The summed E-state index contributed by atoms with van der Waals surface area (Å²) in [6.45, 7) is 2.03. The normalized spacial score (nSPS) is 22.2. The molecule has 1 saturated carbocycles. The largest absolute Gasteiger partial charge is 0.481 e. The van der Waals surface area contributed by atoms with Crippen LogP contribution in [0.25, 0.3) is 0 Å². The molecule has 2 unspecified atom stereocenters. The van der Waals surface area contributed by atoms with Crippen LogP contribution < -0.4 is 5.32 Å². The van der Waals surface area contributed by atoms with E-state index < -0.39 is 17.8 Å². The van der Waals surface area contributed by atoms with Crippen molar-refractivity contribution in [3.8, 4) is 0 Å². The summed E-state index contributed by atoms with van der Waals surface area (Å²) < 4.78 is 0. The molecule has 2 atom stereocenters. The average molecular weight is 261 g/mol. The minimum absolute atomic E-state index is 0.161. The van der Waals surface area contributed by atoms with Gasteiger partial charge in [-0.1, -0.05) is 31.5 Å². The van der Waals surface area contributed by atoms with Crippen LogP contribution in [0, 0.1) is 11.8 Å². The van der Waals surface area contributed by atoms with E-state index in [-0.39, 0.29) is 5.91 Å². The van der Waals surface area contributed by atoms with Crippen LogP contribution in [0.5, 0.6) is 0 Å². The molecule has 1 aromatic rings. The van der Waals surface area contributed by atoms with Gasteiger partial charge in [0.15, 0.2) is 0 Å². The number of hydrogen-bond acceptors (Lipinski definition) is 2. The molecule has 0 radical (unpaired) electrons. The number of benzene rings is 1. The Bertz CT molecular complexity index is 484. The Balaban J connectivity index is 2.10. The Morgan fingerprint density at radius 3 is 2.63 bits per heavy atom. The van der Waals surface area contributed by atoms with Crippen molar-refractivity contribution in [2.24, 2.45) is 11.8 Å². The zero-order valence-corrected chi connectivity index (χ0v) is 11.1. The highest BCUT2D eigenvalue weighted by molar-refractivity contribution is 5.96. The number of aliphatic carboxylic acids is 1. The molecule has 1 aromatic carbocycles. The number of carbonyl (C=O) groups is 2. The van der Waals surface area contributed by atoms with Crippen molar-refractivity contribution in [3.63, 3.8) is 0 Å². The second kappa shape index (κ2) is 5.87. The third-order valence-corrected chi connectivity index (χ3v) is 3.83. The first-order valence-electron chi connectivity index (χ1n) is 6.75. The van der Waals surface area contributed by atoms with Gasteiger partial charge in [0.25, 0.3) is 0 Å². The highest BCUT2D eigenvalue weighted by Gasteiger charge is 2.37. The first-order valence-corrected chi connectivity index (χ1v) is 6.75. The molecule has 0 saturated heterocycles. The van der Waals surface area contributed by atoms with E-state index in [1.165, 1.54) is 0 Å². The van der Waals surface area contributed by atoms with Crippen LogP contribution in [0.4, 0.5) is 5.69 Å². The van der Waals surface area contributed by atoms with Gasteiger partial charge in [-0.25, -0.2) is 0 Å². The number of carboxylic acids is 1. The smallest absolute Gasteiger partial charge is 0.307 e. The van der Waals surface area contributed by atoms with Gasteiger partial charge in [0.1, 0.15) is 0 Å². The molecule has 0 spiro atoms. The maximum absolute atomic E-state index is 12.2. The van der Waals surface area contributed by atoms with Crippen molar-refractivity contribution in [2.45, 2.75) is 32.6 Å². The van der Waals surface area contributed by atoms with Gasteiger partial charge in [-0.05, 0) is 30.9 Å². The Morgan fingerprint density at radius 1 is 1.26 bits per heavy atom. The van der Waals surface area contributed by atoms with Crippen molar-refractivity contribution in [1.29, 1.82) is 0 Å². The minimum atomic E-state index is -0.860. The second-order valence-electron chi connectivity index (χ2n) is 4.98. The molecule has 19 heavy (non-hydrogen) atoms. The highest BCUT2D eigenvalue weighted by atomic mass is 16.4. The van der Waals surface area contributed by atoms with Gasteiger partial charge in [0, 0.05) is 5.69 Å². The van der Waals surface area contributed by atoms with Gasteiger partial charge >= 0.3 is 5.97 Å². The van der Waals surface area contributed by atoms with E-state index in [1.807, 2.05) is 31.2 Å². The van der Waals surface area contributed by atoms with E-state index in [0.29, 0.717) is 12.8 Å². The summed E-state index contributed by atoms with van der Waals surface area (Å²) in [6.07, 6.45) is 2.91. The van der Waals surface area contributed by atoms with Crippen LogP contribution in [-0.4, -0.2) is 17.0 Å². The monoisotopic (exact) mass is 261 g/mol. The van der Waals surface area contributed by atoms with Crippen LogP contribution in [0.3, 0.4) is 0 Å². The predicted molar refractivity (Wildman–Crippen MR) is 72.9 cm³/mol. The van der Waals surface area contributed by atoms with E-state index in [1.54, 1.807) is 0 Å². The first-order chi connectivity index (χ1) is 9.13. The number of carboxylic acid groups (broad SMARTS) is 1. The van der Waals surface area contributed by atoms with Crippen LogP contribution in [0.2, 0.25) is 0 Å². The molecule has 0 aromatic heterocycles. The molecular weight excluding hydrogens is 242 g/mol. The van der Waals surface area contributed by atoms with Crippen LogP contribution in [0.15, 0.2) is 24.3 Å². The molecule has 0 heterocycles. The Hall–Kier alpha value is -1.84. The van der Waals surface area contributed by atoms with Gasteiger partial charge in [-0.2, -0.15) is 0 Å². The van der Waals surface area contributed by atoms with E-state index >= 15 is 0 Å². The van der Waals surface area contributed by atoms with Gasteiger partial charge < -0.3 is 10.4 Å². The molecule has 0 aliphatic heterocycles. The van der Waals surface area contributed by atoms with Crippen molar-refractivity contribution in [3.05, 3.63) is 29.8 Å². The number of nitrogens with one attached hydrogen (secondary N) is 1. The Morgan fingerprint density at radius 2 is 1.95 bits per heavy atom. The third kappa shape index (κ3) is 2.95. The number of carbonyl (C=O) groups excluding carboxylic acids is 1. The molecule has 1 fully saturated rings. The Labute approximate surface area is 112 Å². The summed E-state index contributed by atoms with van der Waals surface area (Å²) in [7, 11) is 0. The predicted octanol–water partition coefficient (Wildman–Crippen LogP) is 2.69. The van der Waals surface area contributed by atoms with Crippen LogP contribution >= 0.6 is 0 Å². The molecule has 4 nitrogen and oxygen atoms in total. The highest BCUT2D eigenvalue weighted by Crippen LogP contribution is 2.33. The molecule has 0 bridgehead atoms. The fraction of sp³-hybridized carbons (Fsp3) is 0.467. The molecule has 2 rings (SSSR count). The van der Waals surface area contributed by atoms with Crippen molar-refractivity contribution < 1.29 is 14.7 Å². The second-order valence-corrected chi connectivity index (χ2v) is 4.98. The lowest BCUT2D eigenvalue weighted by molar-refractivity contribution is -0.145. The van der Waals surface area contributed by atoms with E-state index in [4.69, 9.17) is 5.11 Å². The molecule has 1 aliphatic carbocycles. The number of anilines is 1. The summed E-state index contributed by atoms with van der Waals surface area (Å²) in [5, 5.41) is 12.0. The summed E-state index contributed by atoms with van der Waals surface area (Å²) in [4.78, 5) is 23.3. The van der Waals surface area contributed by atoms with Crippen LogP contribution in [-0.2, 0) is 16.0 Å². The topological polar surface area (TPSA) is 66.4 Å². The molecule has 102 valence electrons. The lowest BCUT2D eigenvalue weighted by Gasteiger charge is -2.17. The summed E-state index contributed by atoms with van der Waals surface area (Å²) in [6, 6.07) is 7.64. The average Bonchev–Trinajstić information content (AvgIpc) is 2.88. The third-order valence-electron chi connectivity index (χ3n) is 3.83. The van der Waals surface area contributed by atoms with Gasteiger partial charge in [0.05, 0.1) is 11.8 Å². The van der Waals surface area contributed by atoms with Gasteiger partial charge in [-0.3, -0.25) is 9.59 Å². The molecular formula is C15H19NO3. The number of hydrogen-bond donors (Lipinski definition) is 2. The molecule has 1 amide bonds. The lowest BCUT2D eigenvalue weighted by atomic mass is 9.95. The summed E-state index contributed by atoms with van der Waals surface area (Å²) >= 11 is 0. The molecule has 4 heteroatoms. The zero-order valence-electron chi connectivity index (χ0n) is 11.1. The fourth-order valence-electron chi connectivity index (χ4n) is 2.75. The van der Waals surface area contributed by atoms with E-state index in [9.17, 15) is 9.59 Å². The molecule has 2 N–H and O–H groups in total. The number of para-hydroxylation sites is 1. The quantitative estimate of drug-likeness (QED) is 0.875. The summed E-state index contributed by atoms with van der Waals surface area (Å²) in [5.41, 5.74) is 1.87. The maximum atomic E-state index is 12.2. The fourth-order valence-corrected chi connectivity index (χ4v) is 2.75. The van der Waals surface area contributed by atoms with Gasteiger partial charge in [0.2, 0.25) is 5.91 Å². The lowest BCUT2D eigenvalue weighted by Crippen LogP contribution is -2.30. The number of rotatable bonds is 4. The van der Waals surface area contributed by atoms with E-state index in [2.05, 4.69) is 5.32 Å². The Kier molecular flexibility index (Phi) is 4.20.